The van der Waals surface area contributed by atoms with Gasteiger partial charge in [-0.05, 0) is 31.6 Å². The lowest BCUT2D eigenvalue weighted by atomic mass is 9.84. The number of carbonyl (C=O) groups is 2. The van der Waals surface area contributed by atoms with Gasteiger partial charge in [-0.3, -0.25) is 4.79 Å². The maximum absolute atomic E-state index is 12.0. The van der Waals surface area contributed by atoms with Crippen LogP contribution in [0.25, 0.3) is 0 Å². The highest BCUT2D eigenvalue weighted by Crippen LogP contribution is 2.31. The van der Waals surface area contributed by atoms with Crippen molar-refractivity contribution in [3.8, 4) is 0 Å². The Hall–Kier alpha value is -1.14. The molecule has 2 atom stereocenters. The number of nitrogens with zero attached hydrogens (tertiary/aromatic N) is 1. The van der Waals surface area contributed by atoms with Crippen molar-refractivity contribution in [2.45, 2.75) is 77.5 Å². The number of ether oxygens (including phenoxy) is 1. The molecule has 0 spiro atoms. The van der Waals surface area contributed by atoms with Gasteiger partial charge in [-0.15, -0.1) is 0 Å². The summed E-state index contributed by atoms with van der Waals surface area (Å²) < 4.78 is 5.48. The normalized spacial score (nSPS) is 21.4. The summed E-state index contributed by atoms with van der Waals surface area (Å²) >= 11 is 0. The molecule has 0 saturated carbocycles. The molecule has 1 N–H and O–H groups in total. The monoisotopic (exact) mass is 315 g/mol. The van der Waals surface area contributed by atoms with Crippen LogP contribution in [0.4, 0.5) is 0 Å². The van der Waals surface area contributed by atoms with Gasteiger partial charge in [0.05, 0.1) is 0 Å². The minimum absolute atomic E-state index is 0.131. The van der Waals surface area contributed by atoms with Crippen molar-refractivity contribution in [3.05, 3.63) is 0 Å². The van der Waals surface area contributed by atoms with Gasteiger partial charge in [0.15, 0.2) is 11.8 Å². The average Bonchev–Trinajstić information content (AvgIpc) is 2.49. The fraction of sp³-hybridized carbons (Fsp3) is 0.875. The molecule has 2 unspecified atom stereocenters. The first-order valence-electron chi connectivity index (χ1n) is 8.22. The van der Waals surface area contributed by atoms with Gasteiger partial charge < -0.3 is 9.84 Å². The summed E-state index contributed by atoms with van der Waals surface area (Å²) in [7, 11) is 0. The highest BCUT2D eigenvalue weighted by Gasteiger charge is 2.46. The Bertz CT molecular complexity index is 354. The van der Waals surface area contributed by atoms with Gasteiger partial charge in [-0.1, -0.05) is 33.6 Å². The molecule has 6 nitrogen and oxygen atoms in total. The summed E-state index contributed by atoms with van der Waals surface area (Å²) in [6.07, 6.45) is 4.86. The smallest absolute Gasteiger partial charge is 0.332 e. The van der Waals surface area contributed by atoms with Crippen LogP contribution in [0.3, 0.4) is 0 Å². The van der Waals surface area contributed by atoms with Crippen molar-refractivity contribution in [3.63, 3.8) is 0 Å². The lowest BCUT2D eigenvalue weighted by Crippen LogP contribution is -2.56. The van der Waals surface area contributed by atoms with Crippen LogP contribution < -0.4 is 0 Å². The molecule has 1 heterocycles. The van der Waals surface area contributed by atoms with E-state index < -0.39 is 17.8 Å². The van der Waals surface area contributed by atoms with Gasteiger partial charge in [-0.25, -0.2) is 14.7 Å². The first-order valence-corrected chi connectivity index (χ1v) is 8.22. The Morgan fingerprint density at radius 3 is 2.68 bits per heavy atom. The number of aliphatic carboxylic acids is 1. The first-order chi connectivity index (χ1) is 10.5. The molecule has 6 heteroatoms. The van der Waals surface area contributed by atoms with Crippen molar-refractivity contribution >= 4 is 12.4 Å². The lowest BCUT2D eigenvalue weighted by Gasteiger charge is -2.40. The Kier molecular flexibility index (Phi) is 7.82. The van der Waals surface area contributed by atoms with E-state index in [1.54, 1.807) is 0 Å². The van der Waals surface area contributed by atoms with E-state index in [0.717, 1.165) is 30.7 Å². The second kappa shape index (κ2) is 9.10. The third-order valence-electron chi connectivity index (χ3n) is 3.97. The Balaban J connectivity index is 2.95. The van der Waals surface area contributed by atoms with Crippen LogP contribution in [0.15, 0.2) is 0 Å². The van der Waals surface area contributed by atoms with Gasteiger partial charge >= 0.3 is 5.97 Å². The zero-order valence-corrected chi connectivity index (χ0v) is 13.9. The van der Waals surface area contributed by atoms with E-state index in [9.17, 15) is 14.7 Å². The fourth-order valence-corrected chi connectivity index (χ4v) is 2.88. The van der Waals surface area contributed by atoms with Crippen LogP contribution in [-0.2, 0) is 19.2 Å². The third kappa shape index (κ3) is 4.95. The summed E-state index contributed by atoms with van der Waals surface area (Å²) in [5.41, 5.74) is -1.33. The first kappa shape index (κ1) is 18.9. The molecule has 1 saturated heterocycles. The van der Waals surface area contributed by atoms with E-state index in [-0.39, 0.29) is 5.92 Å². The predicted octanol–water partition coefficient (Wildman–Crippen LogP) is 2.96. The van der Waals surface area contributed by atoms with Gasteiger partial charge in [0.2, 0.25) is 6.41 Å². The van der Waals surface area contributed by atoms with E-state index in [1.165, 1.54) is 0 Å². The van der Waals surface area contributed by atoms with Crippen LogP contribution in [0.2, 0.25) is 0 Å². The average molecular weight is 315 g/mol. The molecule has 1 fully saturated rings. The molecule has 1 aliphatic rings. The summed E-state index contributed by atoms with van der Waals surface area (Å²) in [5.74, 6) is -0.885. The van der Waals surface area contributed by atoms with Crippen molar-refractivity contribution in [1.29, 1.82) is 0 Å². The maximum Gasteiger partial charge on any atom is 0.332 e. The minimum atomic E-state index is -1.33. The Morgan fingerprint density at radius 1 is 1.50 bits per heavy atom. The number of rotatable bonds is 10. The predicted molar refractivity (Wildman–Crippen MR) is 81.9 cm³/mol. The van der Waals surface area contributed by atoms with Crippen molar-refractivity contribution in [2.24, 2.45) is 5.92 Å². The molecule has 0 aromatic carbocycles. The summed E-state index contributed by atoms with van der Waals surface area (Å²) in [6.45, 7) is 6.47. The third-order valence-corrected chi connectivity index (χ3v) is 3.97. The molecule has 0 aliphatic carbocycles. The number of carbonyl (C=O) groups excluding carboxylic acids is 1. The molecule has 128 valence electrons. The minimum Gasteiger partial charge on any atom is -0.479 e. The molecule has 1 aliphatic heterocycles. The van der Waals surface area contributed by atoms with E-state index in [2.05, 4.69) is 0 Å². The van der Waals surface area contributed by atoms with Crippen molar-refractivity contribution in [1.82, 2.24) is 5.06 Å². The number of carboxylic acid groups (broad SMARTS) is 1. The Morgan fingerprint density at radius 2 is 2.23 bits per heavy atom. The number of unbranched alkanes of at least 4 members (excludes halogenated alkanes) is 1. The van der Waals surface area contributed by atoms with Crippen LogP contribution >= 0.6 is 0 Å². The van der Waals surface area contributed by atoms with E-state index in [4.69, 9.17) is 9.57 Å². The highest BCUT2D eigenvalue weighted by molar-refractivity contribution is 5.81. The molecule has 22 heavy (non-hydrogen) atoms. The number of amides is 1. The quantitative estimate of drug-likeness (QED) is 0.495. The summed E-state index contributed by atoms with van der Waals surface area (Å²) in [5, 5.41) is 10.8. The Labute approximate surface area is 132 Å². The zero-order valence-electron chi connectivity index (χ0n) is 13.9. The van der Waals surface area contributed by atoms with Crippen molar-refractivity contribution in [2.75, 3.05) is 6.61 Å². The fourth-order valence-electron chi connectivity index (χ4n) is 2.88. The molecule has 0 aromatic heterocycles. The molecule has 1 amide bonds. The van der Waals surface area contributed by atoms with Crippen LogP contribution in [0, 0.1) is 5.92 Å². The topological polar surface area (TPSA) is 76.1 Å². The van der Waals surface area contributed by atoms with Crippen molar-refractivity contribution < 1.29 is 24.3 Å². The summed E-state index contributed by atoms with van der Waals surface area (Å²) in [6, 6.07) is 0. The largest absolute Gasteiger partial charge is 0.479 e. The molecule has 0 bridgehead atoms. The van der Waals surface area contributed by atoms with Gasteiger partial charge in [0, 0.05) is 13.0 Å². The van der Waals surface area contributed by atoms with E-state index in [0.29, 0.717) is 32.3 Å². The van der Waals surface area contributed by atoms with Crippen LogP contribution in [0.1, 0.15) is 65.7 Å². The highest BCUT2D eigenvalue weighted by atomic mass is 16.8. The number of carboxylic acids is 1. The number of hydrogen-bond donors (Lipinski definition) is 1. The molecule has 0 aromatic rings. The van der Waals surface area contributed by atoms with Gasteiger partial charge in [-0.2, -0.15) is 0 Å². The lowest BCUT2D eigenvalue weighted by molar-refractivity contribution is -0.303. The zero-order chi connectivity index (χ0) is 16.6. The molecular formula is C16H29NO5. The molecular weight excluding hydrogens is 286 g/mol. The van der Waals surface area contributed by atoms with Gasteiger partial charge in [0.1, 0.15) is 0 Å². The van der Waals surface area contributed by atoms with Crippen LogP contribution in [-0.4, -0.2) is 41.0 Å². The van der Waals surface area contributed by atoms with E-state index in [1.807, 2.05) is 20.8 Å². The number of hydrogen-bond acceptors (Lipinski definition) is 4. The van der Waals surface area contributed by atoms with Gasteiger partial charge in [0.25, 0.3) is 0 Å². The summed E-state index contributed by atoms with van der Waals surface area (Å²) in [4.78, 5) is 29.2. The second-order valence-electron chi connectivity index (χ2n) is 6.37. The number of hydroxylamine groups is 2. The molecule has 0 radical (unpaired) electrons. The SMILES string of the molecule is CCCCC(CC(C)C)(C(=O)O)N(C=O)OC1CCCCO1. The molecule has 1 rings (SSSR count). The van der Waals surface area contributed by atoms with E-state index >= 15 is 0 Å². The standard InChI is InChI=1S/C16H29NO5/c1-4-5-9-16(15(19)20,11-13(2)3)17(12-18)22-14-8-6-7-10-21-14/h12-14H,4-11H2,1-3H3,(H,19,20). The second-order valence-corrected chi connectivity index (χ2v) is 6.37. The maximum atomic E-state index is 12.0. The van der Waals surface area contributed by atoms with Crippen LogP contribution in [0.5, 0.6) is 0 Å².